The topological polar surface area (TPSA) is 54.3 Å². The van der Waals surface area contributed by atoms with E-state index in [2.05, 4.69) is 27.4 Å². The van der Waals surface area contributed by atoms with Gasteiger partial charge < -0.3 is 14.6 Å². The highest BCUT2D eigenvalue weighted by atomic mass is 32.1. The van der Waals surface area contributed by atoms with Gasteiger partial charge in [-0.05, 0) is 23.6 Å². The smallest absolute Gasteiger partial charge is 0.166 e. The molecule has 1 fully saturated rings. The number of aromatic hydroxyl groups is 1. The van der Waals surface area contributed by atoms with Crippen LogP contribution in [0.3, 0.4) is 0 Å². The molecule has 2 heterocycles. The number of phenols is 1. The summed E-state index contributed by atoms with van der Waals surface area (Å²) in [5.74, 6) is 0.588. The molecule has 1 aromatic carbocycles. The Hall–Kier alpha value is -1.89. The molecule has 24 heavy (non-hydrogen) atoms. The van der Waals surface area contributed by atoms with E-state index in [0.717, 1.165) is 26.3 Å². The predicted octanol–water partition coefficient (Wildman–Crippen LogP) is 2.95. The minimum Gasteiger partial charge on any atom is -0.504 e. The highest BCUT2D eigenvalue weighted by Gasteiger charge is 2.22. The van der Waals surface area contributed by atoms with E-state index in [1.807, 2.05) is 12.1 Å². The molecule has 0 amide bonds. The molecule has 1 aliphatic rings. The van der Waals surface area contributed by atoms with Crippen LogP contribution in [0.15, 0.2) is 40.7 Å². The Labute approximate surface area is 146 Å². The fraction of sp³-hybridized carbons (Fsp3) is 0.389. The van der Waals surface area contributed by atoms with Gasteiger partial charge in [0.15, 0.2) is 11.5 Å². The second kappa shape index (κ2) is 8.28. The Balaban J connectivity index is 1.73. The van der Waals surface area contributed by atoms with Gasteiger partial charge in [-0.1, -0.05) is 12.1 Å². The van der Waals surface area contributed by atoms with Crippen molar-refractivity contribution in [3.8, 4) is 11.5 Å². The van der Waals surface area contributed by atoms with Gasteiger partial charge in [0.2, 0.25) is 0 Å². The number of phenolic OH excluding ortho intramolecular Hbond substituents is 1. The summed E-state index contributed by atoms with van der Waals surface area (Å²) in [4.78, 5) is 8.32. The van der Waals surface area contributed by atoms with Gasteiger partial charge in [-0.15, -0.1) is 11.3 Å². The lowest BCUT2D eigenvalue weighted by atomic mass is 10.1. The molecule has 1 atom stereocenters. The standard InChI is InChI=1S/C18H22N2O3S/c1-22-16-5-2-4-14(18(16)21)12-19-13-15(17-6-3-11-24-17)20-7-9-23-10-8-20/h2-6,11-12,15,21H,7-10,13H2,1H3/t15-/m1/s1. The van der Waals surface area contributed by atoms with Crippen LogP contribution in [0.2, 0.25) is 0 Å². The molecule has 6 heteroatoms. The van der Waals surface area contributed by atoms with E-state index < -0.39 is 0 Å². The molecule has 0 radical (unpaired) electrons. The maximum Gasteiger partial charge on any atom is 0.166 e. The van der Waals surface area contributed by atoms with Crippen LogP contribution in [0, 0.1) is 0 Å². The lowest BCUT2D eigenvalue weighted by Gasteiger charge is -2.33. The van der Waals surface area contributed by atoms with Crippen molar-refractivity contribution in [2.24, 2.45) is 4.99 Å². The number of aliphatic imine (C=N–C) groups is 1. The molecular formula is C18H22N2O3S. The number of ether oxygens (including phenoxy) is 2. The summed E-state index contributed by atoms with van der Waals surface area (Å²) in [6, 6.07) is 9.89. The second-order valence-electron chi connectivity index (χ2n) is 5.57. The lowest BCUT2D eigenvalue weighted by molar-refractivity contribution is 0.0187. The molecule has 0 spiro atoms. The Morgan fingerprint density at radius 1 is 1.33 bits per heavy atom. The van der Waals surface area contributed by atoms with E-state index in [9.17, 15) is 5.11 Å². The third-order valence-corrected chi connectivity index (χ3v) is 5.09. The zero-order chi connectivity index (χ0) is 16.8. The Bertz CT molecular complexity index is 667. The Morgan fingerprint density at radius 2 is 2.17 bits per heavy atom. The van der Waals surface area contributed by atoms with E-state index in [4.69, 9.17) is 9.47 Å². The number of morpholine rings is 1. The molecule has 1 N–H and O–H groups in total. The average Bonchev–Trinajstić information content (AvgIpc) is 3.15. The van der Waals surface area contributed by atoms with E-state index in [1.165, 1.54) is 4.88 Å². The summed E-state index contributed by atoms with van der Waals surface area (Å²) >= 11 is 1.75. The summed E-state index contributed by atoms with van der Waals surface area (Å²) < 4.78 is 10.6. The number of benzene rings is 1. The Kier molecular flexibility index (Phi) is 5.85. The number of rotatable bonds is 6. The number of methoxy groups -OCH3 is 1. The first-order valence-corrected chi connectivity index (χ1v) is 8.88. The molecule has 128 valence electrons. The fourth-order valence-corrected chi connectivity index (χ4v) is 3.67. The van der Waals surface area contributed by atoms with E-state index in [-0.39, 0.29) is 11.8 Å². The van der Waals surface area contributed by atoms with Crippen molar-refractivity contribution < 1.29 is 14.6 Å². The predicted molar refractivity (Wildman–Crippen MR) is 96.6 cm³/mol. The summed E-state index contributed by atoms with van der Waals surface area (Å²) in [6.07, 6.45) is 1.72. The monoisotopic (exact) mass is 346 g/mol. The zero-order valence-electron chi connectivity index (χ0n) is 13.7. The van der Waals surface area contributed by atoms with Gasteiger partial charge in [-0.25, -0.2) is 0 Å². The molecule has 1 aliphatic heterocycles. The molecule has 0 aliphatic carbocycles. The van der Waals surface area contributed by atoms with E-state index in [0.29, 0.717) is 17.9 Å². The van der Waals surface area contributed by atoms with Crippen LogP contribution in [0.5, 0.6) is 11.5 Å². The van der Waals surface area contributed by atoms with Crippen LogP contribution in [-0.4, -0.2) is 56.2 Å². The van der Waals surface area contributed by atoms with Crippen LogP contribution in [-0.2, 0) is 4.74 Å². The third kappa shape index (κ3) is 3.95. The van der Waals surface area contributed by atoms with Crippen LogP contribution in [0.1, 0.15) is 16.5 Å². The van der Waals surface area contributed by atoms with Gasteiger partial charge in [0.05, 0.1) is 32.9 Å². The molecular weight excluding hydrogens is 324 g/mol. The molecule has 0 unspecified atom stereocenters. The Morgan fingerprint density at radius 3 is 2.88 bits per heavy atom. The van der Waals surface area contributed by atoms with Gasteiger partial charge in [0, 0.05) is 29.7 Å². The van der Waals surface area contributed by atoms with Crippen LogP contribution < -0.4 is 4.74 Å². The van der Waals surface area contributed by atoms with Crippen molar-refractivity contribution in [2.45, 2.75) is 6.04 Å². The summed E-state index contributed by atoms with van der Waals surface area (Å²) in [5.41, 5.74) is 0.668. The maximum absolute atomic E-state index is 10.1. The number of nitrogens with zero attached hydrogens (tertiary/aromatic N) is 2. The third-order valence-electron chi connectivity index (χ3n) is 4.12. The van der Waals surface area contributed by atoms with E-state index >= 15 is 0 Å². The molecule has 1 saturated heterocycles. The zero-order valence-corrected chi connectivity index (χ0v) is 14.5. The van der Waals surface area contributed by atoms with Gasteiger partial charge in [0.1, 0.15) is 0 Å². The molecule has 5 nitrogen and oxygen atoms in total. The second-order valence-corrected chi connectivity index (χ2v) is 6.55. The fourth-order valence-electron chi connectivity index (χ4n) is 2.81. The van der Waals surface area contributed by atoms with Gasteiger partial charge in [-0.3, -0.25) is 9.89 Å². The summed E-state index contributed by atoms with van der Waals surface area (Å²) in [5, 5.41) is 12.2. The molecule has 1 aromatic heterocycles. The summed E-state index contributed by atoms with van der Waals surface area (Å²) in [6.45, 7) is 4.02. The van der Waals surface area contributed by atoms with E-state index in [1.54, 1.807) is 30.7 Å². The largest absolute Gasteiger partial charge is 0.504 e. The van der Waals surface area contributed by atoms with Crippen molar-refractivity contribution in [3.05, 3.63) is 46.2 Å². The van der Waals surface area contributed by atoms with Crippen molar-refractivity contribution >= 4 is 17.6 Å². The highest BCUT2D eigenvalue weighted by molar-refractivity contribution is 7.10. The molecule has 2 aromatic rings. The highest BCUT2D eigenvalue weighted by Crippen LogP contribution is 2.29. The SMILES string of the molecule is COc1cccc(C=NC[C@H](c2cccs2)N2CCOCC2)c1O. The van der Waals surface area contributed by atoms with Gasteiger partial charge >= 0.3 is 0 Å². The van der Waals surface area contributed by atoms with Crippen LogP contribution >= 0.6 is 11.3 Å². The number of para-hydroxylation sites is 1. The minimum absolute atomic E-state index is 0.128. The molecule has 0 saturated carbocycles. The minimum atomic E-state index is 0.128. The summed E-state index contributed by atoms with van der Waals surface area (Å²) in [7, 11) is 1.54. The normalized spacial score (nSPS) is 17.2. The van der Waals surface area contributed by atoms with Crippen LogP contribution in [0.25, 0.3) is 0 Å². The number of thiophene rings is 1. The molecule has 0 bridgehead atoms. The maximum atomic E-state index is 10.1. The quantitative estimate of drug-likeness (QED) is 0.817. The van der Waals surface area contributed by atoms with Crippen molar-refractivity contribution in [1.82, 2.24) is 4.90 Å². The van der Waals surface area contributed by atoms with Crippen molar-refractivity contribution in [1.29, 1.82) is 0 Å². The average molecular weight is 346 g/mol. The van der Waals surface area contributed by atoms with Gasteiger partial charge in [0.25, 0.3) is 0 Å². The first-order chi connectivity index (χ1) is 11.8. The lowest BCUT2D eigenvalue weighted by Crippen LogP contribution is -2.39. The van der Waals surface area contributed by atoms with Gasteiger partial charge in [-0.2, -0.15) is 0 Å². The first-order valence-electron chi connectivity index (χ1n) is 8.00. The first kappa shape index (κ1) is 17.0. The molecule has 3 rings (SSSR count). The van der Waals surface area contributed by atoms with Crippen molar-refractivity contribution in [2.75, 3.05) is 40.0 Å². The van der Waals surface area contributed by atoms with Crippen molar-refractivity contribution in [3.63, 3.8) is 0 Å². The van der Waals surface area contributed by atoms with Crippen LogP contribution in [0.4, 0.5) is 0 Å². The number of hydrogen-bond donors (Lipinski definition) is 1. The number of hydrogen-bond acceptors (Lipinski definition) is 6.